The van der Waals surface area contributed by atoms with Gasteiger partial charge >= 0.3 is 0 Å². The highest BCUT2D eigenvalue weighted by Crippen LogP contribution is 2.32. The Morgan fingerprint density at radius 2 is 2.12 bits per heavy atom. The largest absolute Gasteiger partial charge is 0.337 e. The van der Waals surface area contributed by atoms with Crippen LogP contribution >= 0.6 is 0 Å². The molecule has 0 bridgehead atoms. The fraction of sp³-hybridized carbons (Fsp3) is 0.364. The highest BCUT2D eigenvalue weighted by atomic mass is 19.1. The lowest BCUT2D eigenvalue weighted by molar-refractivity contribution is -0.127. The van der Waals surface area contributed by atoms with Crippen LogP contribution in [0.2, 0.25) is 0 Å². The average molecular weight is 226 g/mol. The Labute approximate surface area is 91.8 Å². The summed E-state index contributed by atoms with van der Waals surface area (Å²) in [5.74, 6) is -1.22. The minimum atomic E-state index is -0.580. The molecule has 0 saturated carbocycles. The van der Waals surface area contributed by atoms with Crippen molar-refractivity contribution in [3.63, 3.8) is 0 Å². The fourth-order valence-electron chi connectivity index (χ4n) is 2.08. The summed E-state index contributed by atoms with van der Waals surface area (Å²) in [7, 11) is 1.55. The lowest BCUT2D eigenvalue weighted by Crippen LogP contribution is -2.31. The van der Waals surface area contributed by atoms with Gasteiger partial charge in [-0.15, -0.1) is 0 Å². The van der Waals surface area contributed by atoms with Crippen molar-refractivity contribution >= 4 is 5.91 Å². The van der Waals surface area contributed by atoms with Crippen molar-refractivity contribution in [3.05, 3.63) is 35.4 Å². The maximum absolute atomic E-state index is 13.5. The van der Waals surface area contributed by atoms with Crippen molar-refractivity contribution in [2.45, 2.75) is 18.5 Å². The second kappa shape index (κ2) is 3.83. The van der Waals surface area contributed by atoms with Crippen molar-refractivity contribution in [1.82, 2.24) is 4.90 Å². The van der Waals surface area contributed by atoms with Crippen LogP contribution in [0.5, 0.6) is 0 Å². The van der Waals surface area contributed by atoms with E-state index in [4.69, 9.17) is 5.73 Å². The van der Waals surface area contributed by atoms with Gasteiger partial charge in [0.05, 0.1) is 6.04 Å². The van der Waals surface area contributed by atoms with E-state index in [9.17, 15) is 13.6 Å². The van der Waals surface area contributed by atoms with Gasteiger partial charge in [0, 0.05) is 25.1 Å². The number of likely N-dealkylation sites (N-methyl/N-ethyl adjacent to an activating group) is 1. The van der Waals surface area contributed by atoms with Crippen LogP contribution < -0.4 is 5.73 Å². The Bertz CT molecular complexity index is 436. The number of hydrogen-bond acceptors (Lipinski definition) is 2. The van der Waals surface area contributed by atoms with Crippen molar-refractivity contribution in [1.29, 1.82) is 0 Å². The zero-order chi connectivity index (χ0) is 11.9. The molecule has 5 heteroatoms. The third-order valence-electron chi connectivity index (χ3n) is 2.90. The molecule has 16 heavy (non-hydrogen) atoms. The summed E-state index contributed by atoms with van der Waals surface area (Å²) in [5, 5.41) is 0. The fourth-order valence-corrected chi connectivity index (χ4v) is 2.08. The molecule has 0 aromatic heterocycles. The van der Waals surface area contributed by atoms with Gasteiger partial charge in [-0.1, -0.05) is 0 Å². The van der Waals surface area contributed by atoms with Crippen LogP contribution in [-0.4, -0.2) is 23.9 Å². The van der Waals surface area contributed by atoms with Crippen LogP contribution in [0, 0.1) is 11.6 Å². The third kappa shape index (κ3) is 1.67. The van der Waals surface area contributed by atoms with Gasteiger partial charge in [0.1, 0.15) is 11.6 Å². The molecule has 1 aromatic rings. The van der Waals surface area contributed by atoms with Crippen molar-refractivity contribution in [2.24, 2.45) is 5.73 Å². The van der Waals surface area contributed by atoms with E-state index in [0.717, 1.165) is 18.2 Å². The summed E-state index contributed by atoms with van der Waals surface area (Å²) in [6.45, 7) is 0. The highest BCUT2D eigenvalue weighted by Gasteiger charge is 2.37. The Kier molecular flexibility index (Phi) is 2.63. The summed E-state index contributed by atoms with van der Waals surface area (Å²) in [6, 6.07) is 2.11. The minimum absolute atomic E-state index is 0.140. The summed E-state index contributed by atoms with van der Waals surface area (Å²) >= 11 is 0. The molecule has 0 aliphatic carbocycles. The predicted molar refractivity (Wildman–Crippen MR) is 54.5 cm³/mol. The number of benzene rings is 1. The predicted octanol–water partition coefficient (Wildman–Crippen LogP) is 1.20. The van der Waals surface area contributed by atoms with Crippen LogP contribution in [0.25, 0.3) is 0 Å². The first-order valence-electron chi connectivity index (χ1n) is 4.97. The van der Waals surface area contributed by atoms with E-state index in [1.807, 2.05) is 0 Å². The Morgan fingerprint density at radius 1 is 1.44 bits per heavy atom. The van der Waals surface area contributed by atoms with Crippen molar-refractivity contribution < 1.29 is 13.6 Å². The monoisotopic (exact) mass is 226 g/mol. The van der Waals surface area contributed by atoms with E-state index in [0.29, 0.717) is 0 Å². The summed E-state index contributed by atoms with van der Waals surface area (Å²) in [5.41, 5.74) is 5.90. The molecule has 1 fully saturated rings. The molecule has 2 unspecified atom stereocenters. The van der Waals surface area contributed by atoms with E-state index in [2.05, 4.69) is 0 Å². The van der Waals surface area contributed by atoms with Gasteiger partial charge in [-0.05, 0) is 18.2 Å². The molecule has 1 amide bonds. The number of likely N-dealkylation sites (tertiary alicyclic amines) is 1. The van der Waals surface area contributed by atoms with Gasteiger partial charge in [0.25, 0.3) is 0 Å². The smallest absolute Gasteiger partial charge is 0.224 e. The van der Waals surface area contributed by atoms with E-state index in [-0.39, 0.29) is 17.9 Å². The summed E-state index contributed by atoms with van der Waals surface area (Å²) in [4.78, 5) is 12.8. The van der Waals surface area contributed by atoms with Crippen LogP contribution in [-0.2, 0) is 4.79 Å². The van der Waals surface area contributed by atoms with Crippen LogP contribution in [0.15, 0.2) is 18.2 Å². The van der Waals surface area contributed by atoms with Gasteiger partial charge < -0.3 is 10.6 Å². The van der Waals surface area contributed by atoms with Crippen LogP contribution in [0.4, 0.5) is 8.78 Å². The van der Waals surface area contributed by atoms with E-state index in [1.165, 1.54) is 4.90 Å². The lowest BCUT2D eigenvalue weighted by Gasteiger charge is -2.23. The second-order valence-corrected chi connectivity index (χ2v) is 3.98. The normalized spacial score (nSPS) is 25.2. The van der Waals surface area contributed by atoms with Gasteiger partial charge in [0.15, 0.2) is 0 Å². The first-order valence-corrected chi connectivity index (χ1v) is 4.97. The maximum atomic E-state index is 13.5. The highest BCUT2D eigenvalue weighted by molar-refractivity contribution is 5.80. The Hall–Kier alpha value is -1.49. The molecule has 86 valence electrons. The molecule has 2 rings (SSSR count). The number of carbonyl (C=O) groups is 1. The number of amides is 1. The molecule has 0 radical (unpaired) electrons. The molecular formula is C11H12F2N2O. The SMILES string of the molecule is CN1C(=O)CC(N)C1c1cc(F)ccc1F. The second-order valence-electron chi connectivity index (χ2n) is 3.98. The average Bonchev–Trinajstić information content (AvgIpc) is 2.46. The van der Waals surface area contributed by atoms with Crippen LogP contribution in [0.1, 0.15) is 18.0 Å². The number of halogens is 2. The quantitative estimate of drug-likeness (QED) is 0.782. The molecule has 2 N–H and O–H groups in total. The Morgan fingerprint density at radius 3 is 2.69 bits per heavy atom. The number of nitrogens with zero attached hydrogens (tertiary/aromatic N) is 1. The maximum Gasteiger partial charge on any atom is 0.224 e. The minimum Gasteiger partial charge on any atom is -0.337 e. The molecule has 1 saturated heterocycles. The number of rotatable bonds is 1. The van der Waals surface area contributed by atoms with Gasteiger partial charge in [-0.3, -0.25) is 4.79 Å². The molecule has 1 heterocycles. The topological polar surface area (TPSA) is 46.3 Å². The standard InChI is InChI=1S/C11H12F2N2O/c1-15-10(16)5-9(14)11(15)7-4-6(12)2-3-8(7)13/h2-4,9,11H,5,14H2,1H3. The Balaban J connectivity index is 2.43. The van der Waals surface area contributed by atoms with Gasteiger partial charge in [0.2, 0.25) is 5.91 Å². The summed E-state index contributed by atoms with van der Waals surface area (Å²) < 4.78 is 26.6. The molecule has 1 aromatic carbocycles. The van der Waals surface area contributed by atoms with E-state index in [1.54, 1.807) is 7.05 Å². The first kappa shape index (κ1) is 11.0. The molecule has 0 spiro atoms. The number of nitrogens with two attached hydrogens (primary N) is 1. The van der Waals surface area contributed by atoms with Gasteiger partial charge in [-0.2, -0.15) is 0 Å². The zero-order valence-electron chi connectivity index (χ0n) is 8.78. The molecule has 2 atom stereocenters. The van der Waals surface area contributed by atoms with E-state index >= 15 is 0 Å². The molecule has 1 aliphatic rings. The molecule has 3 nitrogen and oxygen atoms in total. The lowest BCUT2D eigenvalue weighted by atomic mass is 10.0. The van der Waals surface area contributed by atoms with Crippen molar-refractivity contribution in [2.75, 3.05) is 7.05 Å². The molecule has 1 aliphatic heterocycles. The van der Waals surface area contributed by atoms with Gasteiger partial charge in [-0.25, -0.2) is 8.78 Å². The summed E-state index contributed by atoms with van der Waals surface area (Å²) in [6.07, 6.45) is 0.164. The third-order valence-corrected chi connectivity index (χ3v) is 2.90. The van der Waals surface area contributed by atoms with Crippen molar-refractivity contribution in [3.8, 4) is 0 Å². The van der Waals surface area contributed by atoms with Crippen LogP contribution in [0.3, 0.4) is 0 Å². The number of carbonyl (C=O) groups excluding carboxylic acids is 1. The van der Waals surface area contributed by atoms with E-state index < -0.39 is 23.7 Å². The zero-order valence-corrected chi connectivity index (χ0v) is 8.78. The molecular weight excluding hydrogens is 214 g/mol. The number of hydrogen-bond donors (Lipinski definition) is 1. The first-order chi connectivity index (χ1) is 7.50.